The van der Waals surface area contributed by atoms with Crippen molar-refractivity contribution in [2.45, 2.75) is 58.0 Å². The highest BCUT2D eigenvalue weighted by Gasteiger charge is 2.32. The summed E-state index contributed by atoms with van der Waals surface area (Å²) in [5, 5.41) is 12.8. The standard InChI is InChI=1S/C16H31N3O/c1-14(2)12-19(10-11-20-4)9-5-8-16(3,13-17)18-15-6-7-15/h14-15,18H,5-12H2,1-4H3. The van der Waals surface area contributed by atoms with E-state index in [-0.39, 0.29) is 5.54 Å². The molecule has 1 rings (SSSR count). The van der Waals surface area contributed by atoms with Crippen LogP contribution in [-0.4, -0.2) is 49.8 Å². The number of nitriles is 1. The molecular formula is C16H31N3O. The first-order chi connectivity index (χ1) is 9.49. The average molecular weight is 281 g/mol. The van der Waals surface area contributed by atoms with Crippen LogP contribution < -0.4 is 5.32 Å². The lowest BCUT2D eigenvalue weighted by molar-refractivity contribution is 0.137. The van der Waals surface area contributed by atoms with E-state index in [9.17, 15) is 5.26 Å². The number of methoxy groups -OCH3 is 1. The Kier molecular flexibility index (Phi) is 7.50. The summed E-state index contributed by atoms with van der Waals surface area (Å²) >= 11 is 0. The quantitative estimate of drug-likeness (QED) is 0.632. The minimum absolute atomic E-state index is 0.355. The van der Waals surface area contributed by atoms with Gasteiger partial charge in [0.15, 0.2) is 0 Å². The van der Waals surface area contributed by atoms with E-state index in [1.54, 1.807) is 7.11 Å². The van der Waals surface area contributed by atoms with Crippen LogP contribution in [0.2, 0.25) is 0 Å². The van der Waals surface area contributed by atoms with Gasteiger partial charge in [-0.3, -0.25) is 5.32 Å². The Labute approximate surface area is 124 Å². The maximum absolute atomic E-state index is 9.37. The molecule has 1 atom stereocenters. The maximum Gasteiger partial charge on any atom is 0.104 e. The largest absolute Gasteiger partial charge is 0.383 e. The highest BCUT2D eigenvalue weighted by atomic mass is 16.5. The maximum atomic E-state index is 9.37. The number of nitrogens with zero attached hydrogens (tertiary/aromatic N) is 2. The number of nitrogens with one attached hydrogen (secondary N) is 1. The van der Waals surface area contributed by atoms with E-state index >= 15 is 0 Å². The first kappa shape index (κ1) is 17.4. The van der Waals surface area contributed by atoms with E-state index in [1.165, 1.54) is 12.8 Å². The summed E-state index contributed by atoms with van der Waals surface area (Å²) in [6.07, 6.45) is 4.43. The van der Waals surface area contributed by atoms with Crippen molar-refractivity contribution in [3.05, 3.63) is 0 Å². The molecule has 0 aromatic rings. The first-order valence-electron chi connectivity index (χ1n) is 7.89. The number of hydrogen-bond acceptors (Lipinski definition) is 4. The summed E-state index contributed by atoms with van der Waals surface area (Å²) in [5.74, 6) is 0.666. The zero-order valence-corrected chi connectivity index (χ0v) is 13.6. The van der Waals surface area contributed by atoms with Crippen LogP contribution in [0.4, 0.5) is 0 Å². The molecular weight excluding hydrogens is 250 g/mol. The van der Waals surface area contributed by atoms with Crippen LogP contribution in [0.5, 0.6) is 0 Å². The zero-order chi connectivity index (χ0) is 15.0. The van der Waals surface area contributed by atoms with Gasteiger partial charge >= 0.3 is 0 Å². The monoisotopic (exact) mass is 281 g/mol. The Morgan fingerprint density at radius 1 is 1.40 bits per heavy atom. The number of hydrogen-bond donors (Lipinski definition) is 1. The van der Waals surface area contributed by atoms with E-state index in [0.717, 1.165) is 39.1 Å². The lowest BCUT2D eigenvalue weighted by Gasteiger charge is -2.27. The second-order valence-corrected chi connectivity index (χ2v) is 6.65. The second-order valence-electron chi connectivity index (χ2n) is 6.65. The van der Waals surface area contributed by atoms with Crippen molar-refractivity contribution in [3.63, 3.8) is 0 Å². The SMILES string of the molecule is COCCN(CCCC(C)(C#N)NC1CC1)CC(C)C. The van der Waals surface area contributed by atoms with Gasteiger partial charge in [0.05, 0.1) is 12.7 Å². The van der Waals surface area contributed by atoms with Crippen molar-refractivity contribution in [2.24, 2.45) is 5.92 Å². The third-order valence-electron chi connectivity index (χ3n) is 3.73. The molecule has 0 radical (unpaired) electrons. The van der Waals surface area contributed by atoms with Crippen molar-refractivity contribution in [3.8, 4) is 6.07 Å². The van der Waals surface area contributed by atoms with Crippen molar-refractivity contribution >= 4 is 0 Å². The van der Waals surface area contributed by atoms with Crippen LogP contribution in [0.1, 0.15) is 46.5 Å². The molecule has 0 aromatic heterocycles. The number of rotatable bonds is 11. The van der Waals surface area contributed by atoms with E-state index in [2.05, 4.69) is 30.1 Å². The number of ether oxygens (including phenoxy) is 1. The molecule has 0 spiro atoms. The molecule has 1 unspecified atom stereocenters. The molecule has 4 nitrogen and oxygen atoms in total. The van der Waals surface area contributed by atoms with Gasteiger partial charge in [-0.15, -0.1) is 0 Å². The normalized spacial score (nSPS) is 18.2. The van der Waals surface area contributed by atoms with Crippen LogP contribution >= 0.6 is 0 Å². The Morgan fingerprint density at radius 2 is 2.10 bits per heavy atom. The molecule has 4 heteroatoms. The van der Waals surface area contributed by atoms with Crippen molar-refractivity contribution < 1.29 is 4.74 Å². The summed E-state index contributed by atoms with van der Waals surface area (Å²) in [4.78, 5) is 2.45. The average Bonchev–Trinajstić information content (AvgIpc) is 3.19. The van der Waals surface area contributed by atoms with Gasteiger partial charge in [0, 0.05) is 26.2 Å². The Bertz CT molecular complexity index is 309. The Hall–Kier alpha value is -0.630. The molecule has 1 aliphatic rings. The van der Waals surface area contributed by atoms with Crippen LogP contribution in [0.25, 0.3) is 0 Å². The van der Waals surface area contributed by atoms with Gasteiger partial charge in [0.2, 0.25) is 0 Å². The van der Waals surface area contributed by atoms with Gasteiger partial charge in [-0.2, -0.15) is 5.26 Å². The second kappa shape index (κ2) is 8.61. The summed E-state index contributed by atoms with van der Waals surface area (Å²) in [5.41, 5.74) is -0.355. The summed E-state index contributed by atoms with van der Waals surface area (Å²) in [6.45, 7) is 10.4. The fourth-order valence-electron chi connectivity index (χ4n) is 2.53. The molecule has 0 heterocycles. The van der Waals surface area contributed by atoms with Gasteiger partial charge < -0.3 is 9.64 Å². The van der Waals surface area contributed by atoms with E-state index in [1.807, 2.05) is 6.92 Å². The van der Waals surface area contributed by atoms with Crippen LogP contribution in [0.15, 0.2) is 0 Å². The molecule has 1 saturated carbocycles. The fourth-order valence-corrected chi connectivity index (χ4v) is 2.53. The topological polar surface area (TPSA) is 48.3 Å². The molecule has 0 aromatic carbocycles. The van der Waals surface area contributed by atoms with Crippen LogP contribution in [-0.2, 0) is 4.74 Å². The Morgan fingerprint density at radius 3 is 2.60 bits per heavy atom. The first-order valence-corrected chi connectivity index (χ1v) is 7.89. The predicted molar refractivity (Wildman–Crippen MR) is 82.6 cm³/mol. The van der Waals surface area contributed by atoms with Crippen molar-refractivity contribution in [1.29, 1.82) is 5.26 Å². The van der Waals surface area contributed by atoms with E-state index in [0.29, 0.717) is 12.0 Å². The molecule has 20 heavy (non-hydrogen) atoms. The highest BCUT2D eigenvalue weighted by Crippen LogP contribution is 2.24. The van der Waals surface area contributed by atoms with Gasteiger partial charge in [-0.1, -0.05) is 13.8 Å². The summed E-state index contributed by atoms with van der Waals surface area (Å²) in [7, 11) is 1.75. The summed E-state index contributed by atoms with van der Waals surface area (Å²) < 4.78 is 5.18. The van der Waals surface area contributed by atoms with Crippen LogP contribution in [0.3, 0.4) is 0 Å². The molecule has 0 saturated heterocycles. The minimum atomic E-state index is -0.355. The van der Waals surface area contributed by atoms with Crippen molar-refractivity contribution in [1.82, 2.24) is 10.2 Å². The lowest BCUT2D eigenvalue weighted by Crippen LogP contribution is -2.43. The Balaban J connectivity index is 2.31. The third-order valence-corrected chi connectivity index (χ3v) is 3.73. The lowest BCUT2D eigenvalue weighted by atomic mass is 9.97. The van der Waals surface area contributed by atoms with Crippen LogP contribution in [0, 0.1) is 17.2 Å². The molecule has 0 amide bonds. The van der Waals surface area contributed by atoms with E-state index in [4.69, 9.17) is 4.74 Å². The minimum Gasteiger partial charge on any atom is -0.383 e. The zero-order valence-electron chi connectivity index (χ0n) is 13.6. The predicted octanol–water partition coefficient (Wildman–Crippen LogP) is 2.41. The van der Waals surface area contributed by atoms with Gasteiger partial charge in [-0.25, -0.2) is 0 Å². The van der Waals surface area contributed by atoms with Gasteiger partial charge in [-0.05, 0) is 45.1 Å². The van der Waals surface area contributed by atoms with Crippen molar-refractivity contribution in [2.75, 3.05) is 33.4 Å². The highest BCUT2D eigenvalue weighted by molar-refractivity contribution is 5.07. The summed E-state index contributed by atoms with van der Waals surface area (Å²) in [6, 6.07) is 3.04. The fraction of sp³-hybridized carbons (Fsp3) is 0.938. The third kappa shape index (κ3) is 7.23. The molecule has 0 bridgehead atoms. The molecule has 1 fully saturated rings. The smallest absolute Gasteiger partial charge is 0.104 e. The molecule has 1 aliphatic carbocycles. The van der Waals surface area contributed by atoms with E-state index < -0.39 is 0 Å². The molecule has 0 aliphatic heterocycles. The molecule has 116 valence electrons. The van der Waals surface area contributed by atoms with Gasteiger partial charge in [0.1, 0.15) is 5.54 Å². The molecule has 1 N–H and O–H groups in total. The van der Waals surface area contributed by atoms with Gasteiger partial charge in [0.25, 0.3) is 0 Å².